The van der Waals surface area contributed by atoms with Crippen molar-refractivity contribution >= 4 is 59.9 Å². The van der Waals surface area contributed by atoms with E-state index in [0.717, 1.165) is 29.1 Å². The van der Waals surface area contributed by atoms with E-state index in [-0.39, 0.29) is 61.6 Å². The summed E-state index contributed by atoms with van der Waals surface area (Å²) in [6, 6.07) is -2.69. The van der Waals surface area contributed by atoms with Gasteiger partial charge in [0, 0.05) is 55.3 Å². The fourth-order valence-electron chi connectivity index (χ4n) is 2.98. The van der Waals surface area contributed by atoms with Gasteiger partial charge in [0.25, 0.3) is 0 Å². The third-order valence-electron chi connectivity index (χ3n) is 6.40. The standard InChI is InChI=1S/C5H8N2O2.2C4H7N3O2.C4H6N2O2.C3H6N4O2.C3H5N3O2/c1-7-4(8)2-3-6-5(7)9;1-7-3(8)5-2-6-4(7)9;1-7-3(8)2-5-6-4(7)9;1-6-3(7)2-5-4(6)8;1-7-2(8)4-6-5-3(7)9;1-6-2(7)4-5-3(6)8/h2-3H2,1H3,(H,6,9);2H2,1H3,(H,5,8)(H,6,9);5H,2H2,1H3,(H,6,9);2H2,1H3,(H,5,8);6H,1H3,(H,4,8)(H,5,9);1H3,(H,4,7)(H,5,8). The van der Waals surface area contributed by atoms with Gasteiger partial charge in [-0.25, -0.2) is 73.1 Å². The van der Waals surface area contributed by atoms with Crippen LogP contribution in [0.4, 0.5) is 33.6 Å². The van der Waals surface area contributed by atoms with Crippen molar-refractivity contribution in [2.75, 3.05) is 61.5 Å². The maximum Gasteiger partial charge on any atom is 0.344 e. The molecule has 11 N–H and O–H groups in total. The molecule has 5 aliphatic heterocycles. The number of carbonyl (C=O) groups excluding carboxylic acids is 10. The number of carbonyl (C=O) groups is 10. The van der Waals surface area contributed by atoms with Crippen LogP contribution in [-0.2, 0) is 21.4 Å². The van der Waals surface area contributed by atoms with E-state index in [2.05, 4.69) is 58.7 Å². The van der Waals surface area contributed by atoms with Gasteiger partial charge in [-0.05, 0) is 0 Å². The summed E-state index contributed by atoms with van der Waals surface area (Å²) in [5.74, 6) is -0.507. The average Bonchev–Trinajstić information content (AvgIpc) is 3.57. The van der Waals surface area contributed by atoms with Crippen LogP contribution in [0.3, 0.4) is 0 Å². The molecule has 5 aliphatic rings. The lowest BCUT2D eigenvalue weighted by Gasteiger charge is -2.22. The first-order valence-electron chi connectivity index (χ1n) is 14.4. The molecule has 29 heteroatoms. The molecular weight excluding hydrogens is 706 g/mol. The average molecular weight is 746 g/mol. The number of hydrazine groups is 3. The Morgan fingerprint density at radius 3 is 1.13 bits per heavy atom. The highest BCUT2D eigenvalue weighted by molar-refractivity contribution is 6.01. The second-order valence-electron chi connectivity index (χ2n) is 9.95. The molecule has 0 aliphatic carbocycles. The summed E-state index contributed by atoms with van der Waals surface area (Å²) >= 11 is 0. The molecule has 0 bridgehead atoms. The zero-order valence-electron chi connectivity index (χ0n) is 28.6. The number of aromatic amines is 2. The number of rotatable bonds is 0. The van der Waals surface area contributed by atoms with Crippen LogP contribution < -0.4 is 59.9 Å². The van der Waals surface area contributed by atoms with Gasteiger partial charge in [0.05, 0.1) is 19.8 Å². The SMILES string of the molecule is CN1C(=O)CCNC1=O.CN1C(=O)CNC1=O.CN1C(=O)CNNC1=O.CN1C(=O)NCNC1=O.CN1C(=O)NNNC1=O.Cn1c(=O)[nH][nH]c1=O. The lowest BCUT2D eigenvalue weighted by molar-refractivity contribution is -0.128. The zero-order chi connectivity index (χ0) is 39.7. The molecule has 0 saturated carbocycles. The summed E-state index contributed by atoms with van der Waals surface area (Å²) in [4.78, 5) is 131. The van der Waals surface area contributed by atoms with Crippen LogP contribution in [0.25, 0.3) is 0 Å². The Balaban J connectivity index is 0.000000312. The van der Waals surface area contributed by atoms with Crippen molar-refractivity contribution in [3.05, 3.63) is 21.0 Å². The molecule has 1 aromatic heterocycles. The van der Waals surface area contributed by atoms with Gasteiger partial charge in [-0.15, -0.1) is 5.53 Å². The van der Waals surface area contributed by atoms with E-state index >= 15 is 0 Å². The fourth-order valence-corrected chi connectivity index (χ4v) is 2.98. The van der Waals surface area contributed by atoms with E-state index in [1.54, 1.807) is 0 Å². The summed E-state index contributed by atoms with van der Waals surface area (Å²) in [7, 11) is 8.51. The summed E-state index contributed by atoms with van der Waals surface area (Å²) in [6.07, 6.45) is 0.419. The maximum atomic E-state index is 10.7. The van der Waals surface area contributed by atoms with Crippen LogP contribution in [0.15, 0.2) is 9.59 Å². The highest BCUT2D eigenvalue weighted by Gasteiger charge is 2.24. The molecule has 0 unspecified atom stereocenters. The number of likely N-dealkylation sites (N-methyl/N-ethyl adjacent to an activating group) is 2. The van der Waals surface area contributed by atoms with Crippen LogP contribution in [0.2, 0.25) is 0 Å². The monoisotopic (exact) mass is 745 g/mol. The number of amides is 17. The Labute approximate surface area is 292 Å². The number of aromatic nitrogens is 3. The minimum absolute atomic E-state index is 0.112. The number of H-pyrrole nitrogens is 2. The third-order valence-corrected chi connectivity index (χ3v) is 6.40. The number of hydrogen-bond donors (Lipinski definition) is 11. The predicted molar refractivity (Wildman–Crippen MR) is 171 cm³/mol. The Kier molecular flexibility index (Phi) is 16.9. The van der Waals surface area contributed by atoms with Gasteiger partial charge in [-0.1, -0.05) is 0 Å². The number of nitrogens with one attached hydrogen (secondary N) is 11. The van der Waals surface area contributed by atoms with Gasteiger partial charge in [-0.3, -0.25) is 45.4 Å². The largest absolute Gasteiger partial charge is 0.344 e. The Morgan fingerprint density at radius 1 is 0.423 bits per heavy atom. The highest BCUT2D eigenvalue weighted by Crippen LogP contribution is 1.96. The molecule has 1 aromatic rings. The second-order valence-corrected chi connectivity index (χ2v) is 9.95. The Bertz CT molecular complexity index is 1400. The minimum Gasteiger partial charge on any atom is -0.337 e. The molecule has 6 rings (SSSR count). The van der Waals surface area contributed by atoms with E-state index in [1.807, 2.05) is 0 Å². The van der Waals surface area contributed by atoms with Crippen molar-refractivity contribution in [1.82, 2.24) is 87.8 Å². The summed E-state index contributed by atoms with van der Waals surface area (Å²) in [6.45, 7) is 1.02. The van der Waals surface area contributed by atoms with E-state index in [4.69, 9.17) is 0 Å². The smallest absolute Gasteiger partial charge is 0.337 e. The van der Waals surface area contributed by atoms with Gasteiger partial charge in [0.1, 0.15) is 0 Å². The molecule has 0 spiro atoms. The molecule has 0 atom stereocenters. The molecule has 5 saturated heterocycles. The Morgan fingerprint density at radius 2 is 0.827 bits per heavy atom. The molecular formula is C23H39N17O12. The zero-order valence-corrected chi connectivity index (χ0v) is 28.6. The van der Waals surface area contributed by atoms with Crippen molar-refractivity contribution in [2.45, 2.75) is 6.42 Å². The molecule has 5 fully saturated rings. The van der Waals surface area contributed by atoms with Crippen molar-refractivity contribution in [2.24, 2.45) is 7.05 Å². The quantitative estimate of drug-likeness (QED) is 0.110. The van der Waals surface area contributed by atoms with Gasteiger partial charge < -0.3 is 21.3 Å². The summed E-state index contributed by atoms with van der Waals surface area (Å²) < 4.78 is 0.944. The molecule has 0 radical (unpaired) electrons. The van der Waals surface area contributed by atoms with Gasteiger partial charge >= 0.3 is 53.6 Å². The first-order chi connectivity index (χ1) is 24.3. The first kappa shape index (κ1) is 43.0. The van der Waals surface area contributed by atoms with E-state index in [0.29, 0.717) is 13.0 Å². The van der Waals surface area contributed by atoms with E-state index in [1.165, 1.54) is 42.3 Å². The lowest BCUT2D eigenvalue weighted by Crippen LogP contribution is -2.63. The molecule has 17 amide bonds. The van der Waals surface area contributed by atoms with Crippen molar-refractivity contribution in [3.8, 4) is 0 Å². The first-order valence-corrected chi connectivity index (χ1v) is 14.4. The van der Waals surface area contributed by atoms with E-state index < -0.39 is 29.5 Å². The molecule has 52 heavy (non-hydrogen) atoms. The van der Waals surface area contributed by atoms with Crippen LogP contribution in [0.5, 0.6) is 0 Å². The lowest BCUT2D eigenvalue weighted by atomic mass is 10.3. The predicted octanol–water partition coefficient (Wildman–Crippen LogP) is -6.12. The number of nitrogens with zero attached hydrogens (tertiary/aromatic N) is 6. The summed E-state index contributed by atoms with van der Waals surface area (Å²) in [5, 5.41) is 13.9. The highest BCUT2D eigenvalue weighted by atomic mass is 16.2. The van der Waals surface area contributed by atoms with Crippen LogP contribution >= 0.6 is 0 Å². The second kappa shape index (κ2) is 20.5. The molecule has 6 heterocycles. The molecule has 29 nitrogen and oxygen atoms in total. The number of imide groups is 5. The minimum atomic E-state index is -0.473. The maximum absolute atomic E-state index is 10.7. The van der Waals surface area contributed by atoms with E-state index in [9.17, 15) is 57.5 Å². The Hall–Kier alpha value is -7.04. The topological polar surface area (TPSA) is 366 Å². The van der Waals surface area contributed by atoms with Crippen molar-refractivity contribution in [1.29, 1.82) is 0 Å². The van der Waals surface area contributed by atoms with Gasteiger partial charge in [0.2, 0.25) is 17.7 Å². The third kappa shape index (κ3) is 13.5. The fraction of sp³-hybridized carbons (Fsp3) is 0.478. The van der Waals surface area contributed by atoms with Crippen LogP contribution in [0, 0.1) is 0 Å². The molecule has 288 valence electrons. The van der Waals surface area contributed by atoms with Crippen molar-refractivity contribution in [3.63, 3.8) is 0 Å². The number of hydrogen-bond acceptors (Lipinski definition) is 14. The van der Waals surface area contributed by atoms with Crippen molar-refractivity contribution < 1.29 is 47.9 Å². The number of urea groups is 7. The van der Waals surface area contributed by atoms with Crippen LogP contribution in [0.1, 0.15) is 6.42 Å². The van der Waals surface area contributed by atoms with Gasteiger partial charge in [-0.2, -0.15) is 0 Å². The molecule has 0 aromatic carbocycles. The summed E-state index contributed by atoms with van der Waals surface area (Å²) in [5.41, 5.74) is 10.4. The van der Waals surface area contributed by atoms with Gasteiger partial charge in [0.15, 0.2) is 0 Å². The van der Waals surface area contributed by atoms with Crippen LogP contribution in [-0.4, -0.2) is 161 Å². The normalized spacial score (nSPS) is 17.9.